The molecule has 0 radical (unpaired) electrons. The lowest BCUT2D eigenvalue weighted by Gasteiger charge is -2.17. The number of ether oxygens (including phenoxy) is 1. The van der Waals surface area contributed by atoms with Gasteiger partial charge in [0.2, 0.25) is 0 Å². The number of carbonyl (C=O) groups excluding carboxylic acids is 1. The number of amides is 1. The molecule has 0 saturated carbocycles. The molecule has 0 fully saturated rings. The molecule has 0 heterocycles. The molecular weight excluding hydrogens is 387 g/mol. The maximum Gasteiger partial charge on any atom is 0.268 e. The Bertz CT molecular complexity index is 936. The molecule has 10 heteroatoms. The summed E-state index contributed by atoms with van der Waals surface area (Å²) in [7, 11) is -0.381. The summed E-state index contributed by atoms with van der Waals surface area (Å²) >= 11 is 5.67. The van der Waals surface area contributed by atoms with E-state index in [1.807, 2.05) is 0 Å². The average molecular weight is 403 g/mol. The van der Waals surface area contributed by atoms with Gasteiger partial charge in [-0.05, 0) is 36.4 Å². The fraction of sp³-hybridized carbons (Fsp3) is 0.188. The standard InChI is InChI=1S/C16H16ClFN2O5S/c1-20(25-3)26(22,23)15-8-10(4-7-14(15)24-2)16(21)19-13-6-5-11(17)9-12(13)18/h4-9H,1-3H3,(H,19,21). The van der Waals surface area contributed by atoms with Crippen molar-refractivity contribution in [3.8, 4) is 5.75 Å². The van der Waals surface area contributed by atoms with Crippen molar-refractivity contribution in [3.63, 3.8) is 0 Å². The molecule has 0 aliphatic heterocycles. The smallest absolute Gasteiger partial charge is 0.268 e. The summed E-state index contributed by atoms with van der Waals surface area (Å²) in [6.07, 6.45) is 0. The lowest BCUT2D eigenvalue weighted by atomic mass is 10.2. The topological polar surface area (TPSA) is 84.9 Å². The van der Waals surface area contributed by atoms with Gasteiger partial charge >= 0.3 is 0 Å². The number of hydroxylamine groups is 1. The quantitative estimate of drug-likeness (QED) is 0.751. The fourth-order valence-corrected chi connectivity index (χ4v) is 3.36. The first-order valence-corrected chi connectivity index (χ1v) is 9.00. The predicted molar refractivity (Wildman–Crippen MR) is 94.3 cm³/mol. The number of benzene rings is 2. The van der Waals surface area contributed by atoms with Gasteiger partial charge in [-0.3, -0.25) is 9.63 Å². The van der Waals surface area contributed by atoms with Crippen molar-refractivity contribution in [2.24, 2.45) is 0 Å². The van der Waals surface area contributed by atoms with E-state index in [4.69, 9.17) is 21.2 Å². The van der Waals surface area contributed by atoms with Crippen LogP contribution >= 0.6 is 11.6 Å². The van der Waals surface area contributed by atoms with Crippen molar-refractivity contribution in [1.82, 2.24) is 4.47 Å². The lowest BCUT2D eigenvalue weighted by Crippen LogP contribution is -2.26. The second kappa shape index (κ2) is 8.00. The summed E-state index contributed by atoms with van der Waals surface area (Å²) in [6, 6.07) is 7.56. The molecule has 7 nitrogen and oxygen atoms in total. The number of carbonyl (C=O) groups is 1. The van der Waals surface area contributed by atoms with Crippen molar-refractivity contribution in [2.75, 3.05) is 26.6 Å². The first-order chi connectivity index (χ1) is 12.2. The van der Waals surface area contributed by atoms with Crippen LogP contribution in [0, 0.1) is 5.82 Å². The zero-order valence-corrected chi connectivity index (χ0v) is 15.7. The minimum atomic E-state index is -4.06. The highest BCUT2D eigenvalue weighted by atomic mass is 35.5. The van der Waals surface area contributed by atoms with E-state index in [-0.39, 0.29) is 26.9 Å². The first kappa shape index (κ1) is 20.1. The van der Waals surface area contributed by atoms with Crippen LogP contribution in [0.2, 0.25) is 5.02 Å². The van der Waals surface area contributed by atoms with Crippen LogP contribution in [-0.2, 0) is 14.9 Å². The largest absolute Gasteiger partial charge is 0.495 e. The number of sulfonamides is 1. The molecule has 2 aromatic carbocycles. The van der Waals surface area contributed by atoms with Crippen molar-refractivity contribution in [1.29, 1.82) is 0 Å². The van der Waals surface area contributed by atoms with Crippen LogP contribution in [0.4, 0.5) is 10.1 Å². The Morgan fingerprint density at radius 1 is 1.19 bits per heavy atom. The average Bonchev–Trinajstić information content (AvgIpc) is 2.62. The lowest BCUT2D eigenvalue weighted by molar-refractivity contribution is -0.0259. The summed E-state index contributed by atoms with van der Waals surface area (Å²) < 4.78 is 44.5. The Balaban J connectivity index is 2.41. The monoisotopic (exact) mass is 402 g/mol. The second-order valence-corrected chi connectivity index (χ2v) is 7.38. The fourth-order valence-electron chi connectivity index (χ4n) is 2.04. The van der Waals surface area contributed by atoms with Crippen LogP contribution in [0.25, 0.3) is 0 Å². The van der Waals surface area contributed by atoms with Crippen LogP contribution in [0.3, 0.4) is 0 Å². The third kappa shape index (κ3) is 4.13. The van der Waals surface area contributed by atoms with Gasteiger partial charge in [0, 0.05) is 17.6 Å². The van der Waals surface area contributed by atoms with Crippen molar-refractivity contribution >= 4 is 33.2 Å². The van der Waals surface area contributed by atoms with Crippen LogP contribution < -0.4 is 10.1 Å². The van der Waals surface area contributed by atoms with Crippen LogP contribution in [0.5, 0.6) is 5.75 Å². The first-order valence-electron chi connectivity index (χ1n) is 7.18. The Kier molecular flexibility index (Phi) is 6.19. The highest BCUT2D eigenvalue weighted by molar-refractivity contribution is 7.89. The molecule has 2 rings (SSSR count). The minimum Gasteiger partial charge on any atom is -0.495 e. The molecule has 26 heavy (non-hydrogen) atoms. The van der Waals surface area contributed by atoms with Gasteiger partial charge in [0.1, 0.15) is 16.5 Å². The summed E-state index contributed by atoms with van der Waals surface area (Å²) in [5, 5.41) is 2.54. The number of anilines is 1. The zero-order valence-electron chi connectivity index (χ0n) is 14.1. The van der Waals surface area contributed by atoms with Crippen molar-refractivity contribution in [2.45, 2.75) is 4.90 Å². The molecule has 0 spiro atoms. The van der Waals surface area contributed by atoms with Gasteiger partial charge < -0.3 is 10.1 Å². The third-order valence-corrected chi connectivity index (χ3v) is 5.41. The molecule has 0 aromatic heterocycles. The summed E-state index contributed by atoms with van der Waals surface area (Å²) in [5.74, 6) is -1.39. The molecule has 140 valence electrons. The van der Waals surface area contributed by atoms with Gasteiger partial charge in [0.05, 0.1) is 19.9 Å². The van der Waals surface area contributed by atoms with Crippen LogP contribution in [0.1, 0.15) is 10.4 Å². The maximum absolute atomic E-state index is 13.8. The van der Waals surface area contributed by atoms with Crippen LogP contribution in [0.15, 0.2) is 41.3 Å². The number of rotatable bonds is 6. The number of hydrogen-bond donors (Lipinski definition) is 1. The molecule has 0 bridgehead atoms. The molecule has 0 unspecified atom stereocenters. The van der Waals surface area contributed by atoms with E-state index in [2.05, 4.69) is 5.32 Å². The van der Waals surface area contributed by atoms with Gasteiger partial charge in [-0.1, -0.05) is 16.1 Å². The zero-order chi connectivity index (χ0) is 19.5. The van der Waals surface area contributed by atoms with Gasteiger partial charge in [0.25, 0.3) is 15.9 Å². The van der Waals surface area contributed by atoms with Gasteiger partial charge in [-0.25, -0.2) is 12.8 Å². The predicted octanol–water partition coefficient (Wildman–Crippen LogP) is 2.92. The molecule has 0 aliphatic carbocycles. The molecule has 0 saturated heterocycles. The number of halogens is 2. The molecule has 0 atom stereocenters. The Morgan fingerprint density at radius 2 is 1.88 bits per heavy atom. The van der Waals surface area contributed by atoms with E-state index < -0.39 is 21.7 Å². The Labute approximate surface area is 155 Å². The minimum absolute atomic E-state index is 0.0109. The Morgan fingerprint density at radius 3 is 2.46 bits per heavy atom. The second-order valence-electron chi connectivity index (χ2n) is 5.04. The number of nitrogens with zero attached hydrogens (tertiary/aromatic N) is 1. The van der Waals surface area contributed by atoms with Crippen LogP contribution in [-0.4, -0.2) is 40.1 Å². The van der Waals surface area contributed by atoms with Gasteiger partial charge in [0.15, 0.2) is 0 Å². The van der Waals surface area contributed by atoms with E-state index in [1.165, 1.54) is 45.5 Å². The van der Waals surface area contributed by atoms with E-state index in [9.17, 15) is 17.6 Å². The van der Waals surface area contributed by atoms with Gasteiger partial charge in [-0.15, -0.1) is 0 Å². The highest BCUT2D eigenvalue weighted by Crippen LogP contribution is 2.28. The maximum atomic E-state index is 13.8. The van der Waals surface area contributed by atoms with Gasteiger partial charge in [-0.2, -0.15) is 0 Å². The van der Waals surface area contributed by atoms with E-state index in [0.717, 1.165) is 12.1 Å². The van der Waals surface area contributed by atoms with Crippen molar-refractivity contribution in [3.05, 3.63) is 52.8 Å². The SMILES string of the molecule is COc1ccc(C(=O)Nc2ccc(Cl)cc2F)cc1S(=O)(=O)N(C)OC. The normalized spacial score (nSPS) is 11.5. The molecule has 2 aromatic rings. The molecule has 1 amide bonds. The molecule has 1 N–H and O–H groups in total. The van der Waals surface area contributed by atoms with E-state index in [0.29, 0.717) is 4.47 Å². The number of hydrogen-bond acceptors (Lipinski definition) is 5. The summed E-state index contributed by atoms with van der Waals surface area (Å²) in [6.45, 7) is 0. The van der Waals surface area contributed by atoms with E-state index >= 15 is 0 Å². The number of nitrogens with one attached hydrogen (secondary N) is 1. The molecule has 0 aliphatic rings. The summed E-state index contributed by atoms with van der Waals surface area (Å²) in [4.78, 5) is 16.8. The Hall–Kier alpha value is -2.20. The third-order valence-electron chi connectivity index (χ3n) is 3.48. The van der Waals surface area contributed by atoms with E-state index in [1.54, 1.807) is 0 Å². The number of methoxy groups -OCH3 is 1. The summed E-state index contributed by atoms with van der Waals surface area (Å²) in [5.41, 5.74) is -0.100. The highest BCUT2D eigenvalue weighted by Gasteiger charge is 2.26. The van der Waals surface area contributed by atoms with Crippen molar-refractivity contribution < 1.29 is 27.2 Å². The molecular formula is C16H16ClFN2O5S.